The molecule has 4 aromatic rings. The summed E-state index contributed by atoms with van der Waals surface area (Å²) in [6.45, 7) is 7.56. The third-order valence-electron chi connectivity index (χ3n) is 6.25. The zero-order chi connectivity index (χ0) is 26.6. The number of anilines is 1. The molecule has 6 nitrogen and oxygen atoms in total. The van der Waals surface area contributed by atoms with Crippen LogP contribution in [0.25, 0.3) is 10.9 Å². The number of halogens is 1. The highest BCUT2D eigenvalue weighted by Crippen LogP contribution is 2.26. The number of carbonyl (C=O) groups is 2. The molecule has 1 heterocycles. The average molecular weight is 502 g/mol. The van der Waals surface area contributed by atoms with Crippen LogP contribution in [0.4, 0.5) is 10.1 Å². The van der Waals surface area contributed by atoms with Crippen molar-refractivity contribution in [3.05, 3.63) is 101 Å². The van der Waals surface area contributed by atoms with Gasteiger partial charge in [-0.05, 0) is 65.1 Å². The normalized spacial score (nSPS) is 11.5. The Kier molecular flexibility index (Phi) is 7.74. The first-order valence-electron chi connectivity index (χ1n) is 12.2. The van der Waals surface area contributed by atoms with Crippen molar-refractivity contribution < 1.29 is 18.7 Å². The molecule has 0 atom stereocenters. The molecule has 0 bridgehead atoms. The van der Waals surface area contributed by atoms with E-state index < -0.39 is 0 Å². The number of fused-ring (bicyclic) bond motifs is 1. The molecule has 0 aliphatic carbocycles. The second-order valence-electron chi connectivity index (χ2n) is 10.0. The number of carbonyl (C=O) groups excluding carboxylic acids is 2. The van der Waals surface area contributed by atoms with Crippen molar-refractivity contribution >= 4 is 28.4 Å². The Bertz CT molecular complexity index is 1400. The van der Waals surface area contributed by atoms with E-state index in [1.54, 1.807) is 25.3 Å². The lowest BCUT2D eigenvalue weighted by Crippen LogP contribution is -2.29. The smallest absolute Gasteiger partial charge is 0.268 e. The lowest BCUT2D eigenvalue weighted by molar-refractivity contribution is 0.0928. The number of methoxy groups -OCH3 is 1. The summed E-state index contributed by atoms with van der Waals surface area (Å²) in [5.74, 6) is -0.755. The van der Waals surface area contributed by atoms with E-state index in [4.69, 9.17) is 4.74 Å². The zero-order valence-electron chi connectivity index (χ0n) is 21.6. The summed E-state index contributed by atoms with van der Waals surface area (Å²) in [5, 5.41) is 6.63. The molecule has 7 heteroatoms. The third-order valence-corrected chi connectivity index (χ3v) is 6.25. The van der Waals surface area contributed by atoms with Gasteiger partial charge >= 0.3 is 0 Å². The Morgan fingerprint density at radius 2 is 1.62 bits per heavy atom. The maximum Gasteiger partial charge on any atom is 0.268 e. The van der Waals surface area contributed by atoms with E-state index in [1.165, 1.54) is 12.1 Å². The molecule has 2 N–H and O–H groups in total. The molecule has 0 fully saturated rings. The first kappa shape index (κ1) is 26.1. The summed E-state index contributed by atoms with van der Waals surface area (Å²) in [6.07, 6.45) is 0. The molecule has 2 amide bonds. The number of benzene rings is 3. The molecule has 192 valence electrons. The van der Waals surface area contributed by atoms with Gasteiger partial charge in [-0.25, -0.2) is 4.39 Å². The average Bonchev–Trinajstić information content (AvgIpc) is 3.22. The minimum absolute atomic E-state index is 0.00861. The fourth-order valence-corrected chi connectivity index (χ4v) is 4.16. The van der Waals surface area contributed by atoms with Gasteiger partial charge in [0.2, 0.25) is 0 Å². The van der Waals surface area contributed by atoms with Crippen molar-refractivity contribution in [3.63, 3.8) is 0 Å². The van der Waals surface area contributed by atoms with Crippen molar-refractivity contribution in [2.75, 3.05) is 25.6 Å². The van der Waals surface area contributed by atoms with Crippen LogP contribution in [0, 0.1) is 5.82 Å². The number of nitrogens with one attached hydrogen (secondary N) is 2. The second kappa shape index (κ2) is 11.0. The van der Waals surface area contributed by atoms with Gasteiger partial charge in [-0.2, -0.15) is 0 Å². The minimum Gasteiger partial charge on any atom is -0.383 e. The van der Waals surface area contributed by atoms with E-state index in [1.807, 2.05) is 47.0 Å². The number of rotatable bonds is 8. The summed E-state index contributed by atoms with van der Waals surface area (Å²) >= 11 is 0. The van der Waals surface area contributed by atoms with Crippen LogP contribution < -0.4 is 10.6 Å². The molecule has 0 spiro atoms. The van der Waals surface area contributed by atoms with Gasteiger partial charge in [0.05, 0.1) is 6.61 Å². The molecule has 1 aromatic heterocycles. The number of hydrogen-bond acceptors (Lipinski definition) is 3. The Morgan fingerprint density at radius 3 is 2.27 bits per heavy atom. The van der Waals surface area contributed by atoms with Crippen LogP contribution in [0.2, 0.25) is 0 Å². The summed E-state index contributed by atoms with van der Waals surface area (Å²) in [7, 11) is 1.58. The van der Waals surface area contributed by atoms with Gasteiger partial charge in [0.15, 0.2) is 0 Å². The highest BCUT2D eigenvalue weighted by atomic mass is 19.1. The van der Waals surface area contributed by atoms with Gasteiger partial charge in [-0.1, -0.05) is 45.0 Å². The molecule has 0 saturated heterocycles. The van der Waals surface area contributed by atoms with Crippen LogP contribution in [-0.2, 0) is 16.7 Å². The SMILES string of the molecule is COCCNC(=O)c1cc2cc(NC(=O)c3ccc(C(C)(C)C)cc3)ccc2n1Cc1ccc(F)cc1. The molecule has 0 radical (unpaired) electrons. The quantitative estimate of drug-likeness (QED) is 0.302. The van der Waals surface area contributed by atoms with Gasteiger partial charge in [0, 0.05) is 42.4 Å². The van der Waals surface area contributed by atoms with Crippen LogP contribution in [-0.4, -0.2) is 36.6 Å². The third kappa shape index (κ3) is 6.24. The fraction of sp³-hybridized carbons (Fsp3) is 0.267. The topological polar surface area (TPSA) is 72.4 Å². The number of ether oxygens (including phenoxy) is 1. The molecular formula is C30H32FN3O3. The van der Waals surface area contributed by atoms with Crippen LogP contribution >= 0.6 is 0 Å². The van der Waals surface area contributed by atoms with Gasteiger partial charge in [0.25, 0.3) is 11.8 Å². The first-order valence-corrected chi connectivity index (χ1v) is 12.2. The summed E-state index contributed by atoms with van der Waals surface area (Å²) in [5.41, 5.74) is 4.52. The highest BCUT2D eigenvalue weighted by Gasteiger charge is 2.18. The second-order valence-corrected chi connectivity index (χ2v) is 10.0. The predicted octanol–water partition coefficient (Wildman–Crippen LogP) is 5.75. The van der Waals surface area contributed by atoms with Crippen LogP contribution in [0.5, 0.6) is 0 Å². The van der Waals surface area contributed by atoms with Crippen molar-refractivity contribution in [1.29, 1.82) is 0 Å². The molecule has 0 unspecified atom stereocenters. The van der Waals surface area contributed by atoms with Crippen molar-refractivity contribution in [1.82, 2.24) is 9.88 Å². The fourth-order valence-electron chi connectivity index (χ4n) is 4.16. The zero-order valence-corrected chi connectivity index (χ0v) is 21.6. The molecule has 0 saturated carbocycles. The molecule has 37 heavy (non-hydrogen) atoms. The van der Waals surface area contributed by atoms with Crippen molar-refractivity contribution in [3.8, 4) is 0 Å². The minimum atomic E-state index is -0.313. The molecule has 0 aliphatic rings. The van der Waals surface area contributed by atoms with E-state index in [9.17, 15) is 14.0 Å². The number of nitrogens with zero attached hydrogens (tertiary/aromatic N) is 1. The molecule has 4 rings (SSSR count). The van der Waals surface area contributed by atoms with Crippen LogP contribution in [0.3, 0.4) is 0 Å². The maximum absolute atomic E-state index is 13.4. The van der Waals surface area contributed by atoms with Gasteiger partial charge in [0.1, 0.15) is 11.5 Å². The van der Waals surface area contributed by atoms with E-state index in [-0.39, 0.29) is 23.0 Å². The van der Waals surface area contributed by atoms with Crippen molar-refractivity contribution in [2.24, 2.45) is 0 Å². The van der Waals surface area contributed by atoms with E-state index in [0.29, 0.717) is 36.6 Å². The highest BCUT2D eigenvalue weighted by molar-refractivity contribution is 6.06. The van der Waals surface area contributed by atoms with E-state index in [0.717, 1.165) is 22.0 Å². The van der Waals surface area contributed by atoms with Crippen molar-refractivity contribution in [2.45, 2.75) is 32.7 Å². The molecular weight excluding hydrogens is 469 g/mol. The van der Waals surface area contributed by atoms with Gasteiger partial charge in [-0.3, -0.25) is 9.59 Å². The van der Waals surface area contributed by atoms with Gasteiger partial charge in [-0.15, -0.1) is 0 Å². The molecule has 0 aliphatic heterocycles. The lowest BCUT2D eigenvalue weighted by Gasteiger charge is -2.19. The summed E-state index contributed by atoms with van der Waals surface area (Å²) in [4.78, 5) is 25.9. The standard InChI is InChI=1S/C30H32FN3O3/c1-30(2,3)23-9-7-21(8-10-23)28(35)33-25-13-14-26-22(17-25)18-27(29(36)32-15-16-37-4)34(26)19-20-5-11-24(31)12-6-20/h5-14,17-18H,15-16,19H2,1-4H3,(H,32,36)(H,33,35). The predicted molar refractivity (Wildman–Crippen MR) is 145 cm³/mol. The van der Waals surface area contributed by atoms with E-state index >= 15 is 0 Å². The number of aromatic nitrogens is 1. The first-order chi connectivity index (χ1) is 17.7. The summed E-state index contributed by atoms with van der Waals surface area (Å²) in [6, 6.07) is 21.2. The van der Waals surface area contributed by atoms with E-state index in [2.05, 4.69) is 31.4 Å². The Morgan fingerprint density at radius 1 is 0.919 bits per heavy atom. The number of amides is 2. The lowest BCUT2D eigenvalue weighted by atomic mass is 9.87. The van der Waals surface area contributed by atoms with Crippen LogP contribution in [0.1, 0.15) is 52.7 Å². The number of hydrogen-bond donors (Lipinski definition) is 2. The van der Waals surface area contributed by atoms with Gasteiger partial charge < -0.3 is 19.9 Å². The van der Waals surface area contributed by atoms with Crippen LogP contribution in [0.15, 0.2) is 72.8 Å². The Balaban J connectivity index is 1.62. The Hall–Kier alpha value is -3.97. The molecule has 3 aromatic carbocycles. The maximum atomic E-state index is 13.4. The summed E-state index contributed by atoms with van der Waals surface area (Å²) < 4.78 is 20.4. The Labute approximate surface area is 216 Å². The monoisotopic (exact) mass is 501 g/mol. The largest absolute Gasteiger partial charge is 0.383 e.